The number of ether oxygens (including phenoxy) is 1. The molecule has 0 spiro atoms. The summed E-state index contributed by atoms with van der Waals surface area (Å²) in [6, 6.07) is 8.72. The molecule has 2 aliphatic carbocycles. The monoisotopic (exact) mass is 312 g/mol. The van der Waals surface area contributed by atoms with Gasteiger partial charge in [-0.3, -0.25) is 0 Å². The molecule has 0 unspecified atom stereocenters. The number of aromatic amines is 1. The van der Waals surface area contributed by atoms with Crippen molar-refractivity contribution in [1.82, 2.24) is 9.88 Å². The Morgan fingerprint density at radius 3 is 2.91 bits per heavy atom. The first-order valence-electron chi connectivity index (χ1n) is 8.66. The Morgan fingerprint density at radius 1 is 1.30 bits per heavy atom. The predicted molar refractivity (Wildman–Crippen MR) is 90.4 cm³/mol. The van der Waals surface area contributed by atoms with Crippen LogP contribution in [0.25, 0.3) is 10.9 Å². The Labute approximate surface area is 136 Å². The molecule has 4 nitrogen and oxygen atoms in total. The quantitative estimate of drug-likeness (QED) is 0.926. The van der Waals surface area contributed by atoms with Crippen LogP contribution in [0, 0.1) is 11.8 Å². The van der Waals surface area contributed by atoms with Crippen LogP contribution in [0.2, 0.25) is 0 Å². The maximum absolute atomic E-state index is 12.3. The number of nitrogens with zero attached hydrogens (tertiary/aromatic N) is 1. The van der Waals surface area contributed by atoms with E-state index in [1.165, 1.54) is 35.7 Å². The van der Waals surface area contributed by atoms with Gasteiger partial charge in [0.15, 0.2) is 0 Å². The molecular formula is C19H24N2O2. The standard InChI is InChI=1S/C19H24N2O2/c1-3-23-19(22)21(2)18-13-9-8-12(10-13)17(18)15-11-20-16-7-5-4-6-14(15)16/h4-7,11-13,17-18,20H,3,8-10H2,1-2H3/t12-,13+,17+,18-/m1/s1. The Kier molecular flexibility index (Phi) is 3.55. The minimum absolute atomic E-state index is 0.185. The van der Waals surface area contributed by atoms with Crippen molar-refractivity contribution in [1.29, 1.82) is 0 Å². The number of fused-ring (bicyclic) bond motifs is 3. The van der Waals surface area contributed by atoms with Crippen LogP contribution in [0.5, 0.6) is 0 Å². The third kappa shape index (κ3) is 2.23. The lowest BCUT2D eigenvalue weighted by Gasteiger charge is -2.37. The van der Waals surface area contributed by atoms with Crippen LogP contribution in [-0.2, 0) is 4.74 Å². The summed E-state index contributed by atoms with van der Waals surface area (Å²) in [5, 5.41) is 1.30. The second kappa shape index (κ2) is 5.59. The third-order valence-electron chi connectivity index (χ3n) is 5.86. The van der Waals surface area contributed by atoms with Crippen molar-refractivity contribution in [3.05, 3.63) is 36.0 Å². The van der Waals surface area contributed by atoms with E-state index in [0.29, 0.717) is 24.4 Å². The maximum Gasteiger partial charge on any atom is 0.409 e. The number of carbonyl (C=O) groups is 1. The van der Waals surface area contributed by atoms with Gasteiger partial charge >= 0.3 is 6.09 Å². The van der Waals surface area contributed by atoms with Crippen molar-refractivity contribution < 1.29 is 9.53 Å². The molecule has 2 aromatic rings. The largest absolute Gasteiger partial charge is 0.450 e. The molecule has 2 aliphatic rings. The smallest absolute Gasteiger partial charge is 0.409 e. The fourth-order valence-electron chi connectivity index (χ4n) is 4.97. The van der Waals surface area contributed by atoms with Gasteiger partial charge < -0.3 is 14.6 Å². The Bertz CT molecular complexity index is 723. The van der Waals surface area contributed by atoms with Crippen LogP contribution >= 0.6 is 0 Å². The van der Waals surface area contributed by atoms with E-state index in [4.69, 9.17) is 4.74 Å². The van der Waals surface area contributed by atoms with Crippen LogP contribution < -0.4 is 0 Å². The van der Waals surface area contributed by atoms with E-state index < -0.39 is 0 Å². The lowest BCUT2D eigenvalue weighted by molar-refractivity contribution is 0.0833. The number of hydrogen-bond donors (Lipinski definition) is 1. The first-order chi connectivity index (χ1) is 11.2. The van der Waals surface area contributed by atoms with Gasteiger partial charge in [-0.15, -0.1) is 0 Å². The number of aromatic nitrogens is 1. The molecule has 2 fully saturated rings. The number of amides is 1. The molecule has 4 rings (SSSR count). The summed E-state index contributed by atoms with van der Waals surface area (Å²) in [5.74, 6) is 1.70. The SMILES string of the molecule is CCOC(=O)N(C)[C@@H]1[C@H]2CC[C@H](C2)[C@H]1c1c[nH]c2ccccc12. The Morgan fingerprint density at radius 2 is 2.09 bits per heavy atom. The Hall–Kier alpha value is -1.97. The first kappa shape index (κ1) is 14.6. The highest BCUT2D eigenvalue weighted by Gasteiger charge is 2.51. The molecule has 1 amide bonds. The fourth-order valence-corrected chi connectivity index (χ4v) is 4.97. The molecule has 1 aromatic heterocycles. The molecule has 1 N–H and O–H groups in total. The van der Waals surface area contributed by atoms with Crippen LogP contribution in [0.3, 0.4) is 0 Å². The first-order valence-corrected chi connectivity index (χ1v) is 8.66. The summed E-state index contributed by atoms with van der Waals surface area (Å²) in [5.41, 5.74) is 2.55. The van der Waals surface area contributed by atoms with E-state index in [2.05, 4.69) is 35.4 Å². The van der Waals surface area contributed by atoms with Gasteiger partial charge in [-0.1, -0.05) is 18.2 Å². The predicted octanol–water partition coefficient (Wildman–Crippen LogP) is 4.14. The van der Waals surface area contributed by atoms with Gasteiger partial charge in [-0.2, -0.15) is 0 Å². The minimum Gasteiger partial charge on any atom is -0.450 e. The zero-order valence-electron chi connectivity index (χ0n) is 13.8. The van der Waals surface area contributed by atoms with E-state index in [1.54, 1.807) is 0 Å². The van der Waals surface area contributed by atoms with E-state index in [0.717, 1.165) is 0 Å². The Balaban J connectivity index is 1.72. The normalized spacial score (nSPS) is 29.1. The van der Waals surface area contributed by atoms with Crippen LogP contribution in [-0.4, -0.2) is 35.7 Å². The molecule has 1 heterocycles. The van der Waals surface area contributed by atoms with Gasteiger partial charge in [0.2, 0.25) is 0 Å². The van der Waals surface area contributed by atoms with Crippen molar-refractivity contribution in [3.8, 4) is 0 Å². The van der Waals surface area contributed by atoms with Gasteiger partial charge in [0, 0.05) is 36.1 Å². The average Bonchev–Trinajstić information content (AvgIpc) is 3.27. The molecule has 0 radical (unpaired) electrons. The van der Waals surface area contributed by atoms with Crippen LogP contribution in [0.15, 0.2) is 30.5 Å². The number of carbonyl (C=O) groups excluding carboxylic acids is 1. The van der Waals surface area contributed by atoms with Gasteiger partial charge in [0.1, 0.15) is 0 Å². The molecule has 23 heavy (non-hydrogen) atoms. The number of rotatable bonds is 3. The highest BCUT2D eigenvalue weighted by atomic mass is 16.6. The summed E-state index contributed by atoms with van der Waals surface area (Å²) in [7, 11) is 1.91. The topological polar surface area (TPSA) is 45.3 Å². The molecule has 2 saturated carbocycles. The lowest BCUT2D eigenvalue weighted by atomic mass is 9.79. The molecule has 2 bridgehead atoms. The second-order valence-electron chi connectivity index (χ2n) is 6.95. The highest BCUT2D eigenvalue weighted by molar-refractivity contribution is 5.84. The van der Waals surface area contributed by atoms with Gasteiger partial charge in [-0.25, -0.2) is 4.79 Å². The van der Waals surface area contributed by atoms with E-state index in [9.17, 15) is 4.79 Å². The molecule has 122 valence electrons. The van der Waals surface area contributed by atoms with Crippen molar-refractivity contribution in [2.45, 2.75) is 38.1 Å². The van der Waals surface area contributed by atoms with Crippen molar-refractivity contribution in [2.24, 2.45) is 11.8 Å². The van der Waals surface area contributed by atoms with Gasteiger partial charge in [0.05, 0.1) is 6.61 Å². The highest BCUT2D eigenvalue weighted by Crippen LogP contribution is 2.55. The number of likely N-dealkylation sites (N-methyl/N-ethyl adjacent to an activating group) is 1. The minimum atomic E-state index is -0.185. The van der Waals surface area contributed by atoms with E-state index >= 15 is 0 Å². The average molecular weight is 312 g/mol. The van der Waals surface area contributed by atoms with Crippen molar-refractivity contribution in [2.75, 3.05) is 13.7 Å². The van der Waals surface area contributed by atoms with Gasteiger partial charge in [0.25, 0.3) is 0 Å². The number of benzene rings is 1. The number of hydrogen-bond acceptors (Lipinski definition) is 2. The number of nitrogens with one attached hydrogen (secondary N) is 1. The third-order valence-corrected chi connectivity index (χ3v) is 5.86. The van der Waals surface area contributed by atoms with Gasteiger partial charge in [-0.05, 0) is 49.7 Å². The molecule has 4 heteroatoms. The summed E-state index contributed by atoms with van der Waals surface area (Å²) < 4.78 is 5.26. The lowest BCUT2D eigenvalue weighted by Crippen LogP contribution is -2.44. The molecule has 1 aromatic carbocycles. The zero-order chi connectivity index (χ0) is 16.0. The van der Waals surface area contributed by atoms with Crippen LogP contribution in [0.4, 0.5) is 4.79 Å². The summed E-state index contributed by atoms with van der Waals surface area (Å²) >= 11 is 0. The molecule has 0 aliphatic heterocycles. The second-order valence-corrected chi connectivity index (χ2v) is 6.95. The maximum atomic E-state index is 12.3. The van der Waals surface area contributed by atoms with E-state index in [-0.39, 0.29) is 12.1 Å². The van der Waals surface area contributed by atoms with E-state index in [1.807, 2.05) is 18.9 Å². The zero-order valence-corrected chi connectivity index (χ0v) is 13.8. The summed E-state index contributed by atoms with van der Waals surface area (Å²) in [6.07, 6.45) is 5.72. The molecular weight excluding hydrogens is 288 g/mol. The summed E-state index contributed by atoms with van der Waals surface area (Å²) in [6.45, 7) is 2.30. The number of para-hydroxylation sites is 1. The van der Waals surface area contributed by atoms with Crippen molar-refractivity contribution in [3.63, 3.8) is 0 Å². The molecule has 0 saturated heterocycles. The van der Waals surface area contributed by atoms with Crippen LogP contribution in [0.1, 0.15) is 37.7 Å². The number of H-pyrrole nitrogens is 1. The van der Waals surface area contributed by atoms with Crippen molar-refractivity contribution >= 4 is 17.0 Å². The fraction of sp³-hybridized carbons (Fsp3) is 0.526. The summed E-state index contributed by atoms with van der Waals surface area (Å²) in [4.78, 5) is 17.5. The molecule has 4 atom stereocenters.